The number of primary amides is 1. The molecule has 0 spiro atoms. The fourth-order valence-electron chi connectivity index (χ4n) is 2.86. The summed E-state index contributed by atoms with van der Waals surface area (Å²) in [6, 6.07) is 4.00. The molecule has 3 amide bonds. The predicted octanol–water partition coefficient (Wildman–Crippen LogP) is 2.37. The fourth-order valence-corrected chi connectivity index (χ4v) is 2.86. The van der Waals surface area contributed by atoms with Crippen LogP contribution in [0.2, 0.25) is 0 Å². The molecule has 7 heteroatoms. The van der Waals surface area contributed by atoms with Crippen molar-refractivity contribution < 1.29 is 18.8 Å². The normalized spacial score (nSPS) is 12.6. The van der Waals surface area contributed by atoms with Gasteiger partial charge in [0.15, 0.2) is 0 Å². The molecular weight excluding hydrogens is 361 g/mol. The van der Waals surface area contributed by atoms with Crippen molar-refractivity contribution >= 4 is 17.7 Å². The van der Waals surface area contributed by atoms with E-state index in [1.807, 2.05) is 6.08 Å². The maximum absolute atomic E-state index is 13.1. The van der Waals surface area contributed by atoms with E-state index in [0.717, 1.165) is 32.1 Å². The first-order valence-corrected chi connectivity index (χ1v) is 9.55. The van der Waals surface area contributed by atoms with Gasteiger partial charge < -0.3 is 16.4 Å². The average molecular weight is 391 g/mol. The highest BCUT2D eigenvalue weighted by atomic mass is 19.1. The lowest BCUT2D eigenvalue weighted by atomic mass is 10.0. The van der Waals surface area contributed by atoms with Gasteiger partial charge in [0, 0.05) is 13.3 Å². The third-order valence-corrected chi connectivity index (χ3v) is 4.36. The van der Waals surface area contributed by atoms with Gasteiger partial charge in [-0.2, -0.15) is 0 Å². The Balaban J connectivity index is 2.65. The third-order valence-electron chi connectivity index (χ3n) is 4.36. The SMILES string of the molecule is C=CCCCCCC[C@@H](NC(=O)[C@@H](Cc1ccc(F)cc1)NC(C)=O)C(N)=O. The Hall–Kier alpha value is -2.70. The fraction of sp³-hybridized carbons (Fsp3) is 0.476. The topological polar surface area (TPSA) is 101 Å². The summed E-state index contributed by atoms with van der Waals surface area (Å²) >= 11 is 0. The zero-order valence-corrected chi connectivity index (χ0v) is 16.4. The summed E-state index contributed by atoms with van der Waals surface area (Å²) < 4.78 is 13.1. The molecule has 0 bridgehead atoms. The number of rotatable bonds is 13. The molecule has 0 unspecified atom stereocenters. The third kappa shape index (κ3) is 9.30. The monoisotopic (exact) mass is 391 g/mol. The zero-order chi connectivity index (χ0) is 20.9. The quantitative estimate of drug-likeness (QED) is 0.355. The van der Waals surface area contributed by atoms with E-state index in [2.05, 4.69) is 17.2 Å². The second-order valence-electron chi connectivity index (χ2n) is 6.83. The van der Waals surface area contributed by atoms with E-state index in [-0.39, 0.29) is 18.1 Å². The molecule has 0 aliphatic heterocycles. The van der Waals surface area contributed by atoms with Crippen LogP contribution in [-0.2, 0) is 20.8 Å². The zero-order valence-electron chi connectivity index (χ0n) is 16.4. The van der Waals surface area contributed by atoms with Crippen molar-refractivity contribution in [3.8, 4) is 0 Å². The first-order chi connectivity index (χ1) is 13.3. The van der Waals surface area contributed by atoms with Gasteiger partial charge >= 0.3 is 0 Å². The van der Waals surface area contributed by atoms with Crippen molar-refractivity contribution in [1.82, 2.24) is 10.6 Å². The molecule has 0 aliphatic rings. The number of hydrogen-bond donors (Lipinski definition) is 3. The van der Waals surface area contributed by atoms with Crippen LogP contribution in [0.3, 0.4) is 0 Å². The number of nitrogens with two attached hydrogens (primary N) is 1. The molecule has 2 atom stereocenters. The molecule has 1 rings (SSSR count). The lowest BCUT2D eigenvalue weighted by Crippen LogP contribution is -2.53. The minimum absolute atomic E-state index is 0.179. The van der Waals surface area contributed by atoms with E-state index < -0.39 is 23.9 Å². The van der Waals surface area contributed by atoms with Crippen molar-refractivity contribution in [2.75, 3.05) is 0 Å². The highest BCUT2D eigenvalue weighted by Gasteiger charge is 2.25. The number of nitrogens with one attached hydrogen (secondary N) is 2. The molecule has 0 aromatic heterocycles. The van der Waals surface area contributed by atoms with E-state index in [1.54, 1.807) is 12.1 Å². The Morgan fingerprint density at radius 3 is 2.29 bits per heavy atom. The number of unbranched alkanes of at least 4 members (excludes halogenated alkanes) is 4. The summed E-state index contributed by atoms with van der Waals surface area (Å²) in [5.74, 6) is -1.86. The van der Waals surface area contributed by atoms with Crippen LogP contribution < -0.4 is 16.4 Å². The molecule has 28 heavy (non-hydrogen) atoms. The number of carbonyl (C=O) groups excluding carboxylic acids is 3. The van der Waals surface area contributed by atoms with Crippen LogP contribution in [0.1, 0.15) is 51.0 Å². The summed E-state index contributed by atoms with van der Waals surface area (Å²) in [5.41, 5.74) is 6.11. The van der Waals surface area contributed by atoms with E-state index >= 15 is 0 Å². The highest BCUT2D eigenvalue weighted by Crippen LogP contribution is 2.10. The van der Waals surface area contributed by atoms with E-state index in [1.165, 1.54) is 19.1 Å². The van der Waals surface area contributed by atoms with Gasteiger partial charge in [0.1, 0.15) is 17.9 Å². The molecule has 154 valence electrons. The van der Waals surface area contributed by atoms with Crippen LogP contribution in [0.4, 0.5) is 4.39 Å². The molecule has 0 fully saturated rings. The number of allylic oxidation sites excluding steroid dienone is 1. The van der Waals surface area contributed by atoms with Gasteiger partial charge in [-0.05, 0) is 37.0 Å². The Kier molecular flexibility index (Phi) is 10.5. The van der Waals surface area contributed by atoms with Gasteiger partial charge in [-0.15, -0.1) is 6.58 Å². The molecular formula is C21H30FN3O3. The molecule has 4 N–H and O–H groups in total. The maximum atomic E-state index is 13.1. The van der Waals surface area contributed by atoms with Gasteiger partial charge in [-0.25, -0.2) is 4.39 Å². The molecule has 0 aliphatic carbocycles. The second-order valence-corrected chi connectivity index (χ2v) is 6.83. The largest absolute Gasteiger partial charge is 0.368 e. The van der Waals surface area contributed by atoms with Crippen LogP contribution >= 0.6 is 0 Å². The van der Waals surface area contributed by atoms with Crippen molar-refractivity contribution in [2.24, 2.45) is 5.73 Å². The first kappa shape index (κ1) is 23.3. The van der Waals surface area contributed by atoms with E-state index in [4.69, 9.17) is 5.73 Å². The van der Waals surface area contributed by atoms with Crippen LogP contribution in [-0.4, -0.2) is 29.8 Å². The number of carbonyl (C=O) groups is 3. The van der Waals surface area contributed by atoms with E-state index in [0.29, 0.717) is 12.0 Å². The number of benzene rings is 1. The summed E-state index contributed by atoms with van der Waals surface area (Å²) in [6.45, 7) is 4.98. The average Bonchev–Trinajstić information content (AvgIpc) is 2.64. The molecule has 0 radical (unpaired) electrons. The van der Waals surface area contributed by atoms with Crippen molar-refractivity contribution in [3.63, 3.8) is 0 Å². The number of halogens is 1. The van der Waals surface area contributed by atoms with E-state index in [9.17, 15) is 18.8 Å². The first-order valence-electron chi connectivity index (χ1n) is 9.55. The summed E-state index contributed by atoms with van der Waals surface area (Å²) in [6.07, 6.45) is 7.20. The van der Waals surface area contributed by atoms with Gasteiger partial charge in [0.25, 0.3) is 0 Å². The smallest absolute Gasteiger partial charge is 0.243 e. The standard InChI is InChI=1S/C21H30FN3O3/c1-3-4-5-6-7-8-9-18(20(23)27)25-21(28)19(24-15(2)26)14-16-10-12-17(22)13-11-16/h3,10-13,18-19H,1,4-9,14H2,2H3,(H2,23,27)(H,24,26)(H,25,28)/t18-,19-/m1/s1. The Morgan fingerprint density at radius 2 is 1.71 bits per heavy atom. The molecule has 1 aromatic carbocycles. The number of hydrogen-bond acceptors (Lipinski definition) is 3. The molecule has 6 nitrogen and oxygen atoms in total. The molecule has 0 heterocycles. The summed E-state index contributed by atoms with van der Waals surface area (Å²) in [4.78, 5) is 35.8. The molecule has 0 saturated carbocycles. The molecule has 1 aromatic rings. The van der Waals surface area contributed by atoms with Crippen LogP contribution in [0.15, 0.2) is 36.9 Å². The maximum Gasteiger partial charge on any atom is 0.243 e. The Labute approximate surface area is 165 Å². The van der Waals surface area contributed by atoms with Crippen molar-refractivity contribution in [1.29, 1.82) is 0 Å². The van der Waals surface area contributed by atoms with Gasteiger partial charge in [-0.1, -0.05) is 37.5 Å². The lowest BCUT2D eigenvalue weighted by molar-refractivity contribution is -0.130. The van der Waals surface area contributed by atoms with Crippen molar-refractivity contribution in [3.05, 3.63) is 48.3 Å². The Bertz CT molecular complexity index is 661. The minimum atomic E-state index is -0.877. The van der Waals surface area contributed by atoms with Gasteiger partial charge in [-0.3, -0.25) is 14.4 Å². The molecule has 0 saturated heterocycles. The van der Waals surface area contributed by atoms with Gasteiger partial charge in [0.2, 0.25) is 17.7 Å². The number of amides is 3. The summed E-state index contributed by atoms with van der Waals surface area (Å²) in [7, 11) is 0. The minimum Gasteiger partial charge on any atom is -0.368 e. The summed E-state index contributed by atoms with van der Waals surface area (Å²) in [5, 5.41) is 5.21. The van der Waals surface area contributed by atoms with Crippen LogP contribution in [0, 0.1) is 5.82 Å². The lowest BCUT2D eigenvalue weighted by Gasteiger charge is -2.21. The van der Waals surface area contributed by atoms with Crippen molar-refractivity contribution in [2.45, 2.75) is 64.0 Å². The Morgan fingerprint density at radius 1 is 1.07 bits per heavy atom. The highest BCUT2D eigenvalue weighted by molar-refractivity contribution is 5.91. The van der Waals surface area contributed by atoms with Gasteiger partial charge in [0.05, 0.1) is 0 Å². The van der Waals surface area contributed by atoms with Crippen LogP contribution in [0.25, 0.3) is 0 Å². The van der Waals surface area contributed by atoms with Crippen LogP contribution in [0.5, 0.6) is 0 Å². The predicted molar refractivity (Wildman–Crippen MR) is 107 cm³/mol. The second kappa shape index (κ2) is 12.6.